The fourth-order valence-electron chi connectivity index (χ4n) is 2.99. The molecule has 3 N–H and O–H groups in total. The maximum absolute atomic E-state index is 14.0. The molecule has 0 amide bonds. The first-order valence-electron chi connectivity index (χ1n) is 8.87. The zero-order chi connectivity index (χ0) is 19.0. The quantitative estimate of drug-likeness (QED) is 0.592. The minimum atomic E-state index is -0.480. The summed E-state index contributed by atoms with van der Waals surface area (Å²) < 4.78 is 27.4. The number of nitrogens with zero attached hydrogens (tertiary/aromatic N) is 3. The van der Waals surface area contributed by atoms with E-state index in [0.29, 0.717) is 29.2 Å². The number of aromatic amines is 1. The van der Waals surface area contributed by atoms with Crippen molar-refractivity contribution in [3.8, 4) is 0 Å². The molecule has 1 aliphatic rings. The summed E-state index contributed by atoms with van der Waals surface area (Å²) in [4.78, 5) is 8.69. The van der Waals surface area contributed by atoms with Gasteiger partial charge in [0.05, 0.1) is 6.04 Å². The van der Waals surface area contributed by atoms with Crippen LogP contribution in [0.1, 0.15) is 48.8 Å². The third-order valence-electron chi connectivity index (χ3n) is 4.50. The Morgan fingerprint density at radius 3 is 2.63 bits per heavy atom. The second kappa shape index (κ2) is 6.94. The molecule has 0 radical (unpaired) electrons. The lowest BCUT2D eigenvalue weighted by atomic mass is 10.1. The summed E-state index contributed by atoms with van der Waals surface area (Å²) in [5.74, 6) is 1.96. The number of hydrogen-bond acceptors (Lipinski definition) is 5. The summed E-state index contributed by atoms with van der Waals surface area (Å²) in [7, 11) is 0. The van der Waals surface area contributed by atoms with Crippen molar-refractivity contribution >= 4 is 17.5 Å². The first-order chi connectivity index (χ1) is 13.0. The molecule has 3 aromatic rings. The molecule has 1 unspecified atom stereocenters. The highest BCUT2D eigenvalue weighted by molar-refractivity contribution is 5.57. The summed E-state index contributed by atoms with van der Waals surface area (Å²) in [5.41, 5.74) is 1.36. The van der Waals surface area contributed by atoms with Crippen LogP contribution in [0.5, 0.6) is 0 Å². The van der Waals surface area contributed by atoms with Gasteiger partial charge in [-0.05, 0) is 44.9 Å². The van der Waals surface area contributed by atoms with E-state index < -0.39 is 17.7 Å². The van der Waals surface area contributed by atoms with E-state index >= 15 is 0 Å². The lowest BCUT2D eigenvalue weighted by Gasteiger charge is -2.16. The molecular weight excluding hydrogens is 350 g/mol. The molecule has 8 heteroatoms. The largest absolute Gasteiger partial charge is 0.363 e. The molecular formula is C19H20F2N6. The van der Waals surface area contributed by atoms with Crippen molar-refractivity contribution in [2.24, 2.45) is 0 Å². The van der Waals surface area contributed by atoms with Crippen LogP contribution in [0.4, 0.5) is 26.2 Å². The van der Waals surface area contributed by atoms with Gasteiger partial charge in [-0.25, -0.2) is 18.7 Å². The molecule has 1 saturated carbocycles. The van der Waals surface area contributed by atoms with E-state index in [-0.39, 0.29) is 5.56 Å². The van der Waals surface area contributed by atoms with Crippen molar-refractivity contribution in [2.75, 3.05) is 10.6 Å². The Morgan fingerprint density at radius 1 is 1.07 bits per heavy atom. The predicted molar refractivity (Wildman–Crippen MR) is 99.0 cm³/mol. The van der Waals surface area contributed by atoms with Crippen LogP contribution in [0.3, 0.4) is 0 Å². The monoisotopic (exact) mass is 370 g/mol. The molecule has 1 atom stereocenters. The van der Waals surface area contributed by atoms with Crippen LogP contribution in [0.15, 0.2) is 30.3 Å². The molecule has 140 valence electrons. The minimum Gasteiger partial charge on any atom is -0.363 e. The Morgan fingerprint density at radius 2 is 1.85 bits per heavy atom. The van der Waals surface area contributed by atoms with Crippen molar-refractivity contribution in [2.45, 2.75) is 38.6 Å². The number of aromatic nitrogens is 4. The standard InChI is InChI=1S/C19H20F2N6/c1-10(14-7-13(20)5-6-15(14)21)22-17-9-18(24-11(2)23-17)25-19-8-16(26-27-19)12-3-4-12/h5-10,12H,3-4H2,1-2H3,(H3,22,23,24,25,26,27). The number of hydrogen-bond donors (Lipinski definition) is 3. The first-order valence-corrected chi connectivity index (χ1v) is 8.87. The number of halogens is 2. The molecule has 0 bridgehead atoms. The van der Waals surface area contributed by atoms with E-state index in [1.54, 1.807) is 19.9 Å². The third-order valence-corrected chi connectivity index (χ3v) is 4.50. The van der Waals surface area contributed by atoms with Crippen LogP contribution in [0, 0.1) is 18.6 Å². The molecule has 1 aromatic carbocycles. The van der Waals surface area contributed by atoms with E-state index in [1.807, 2.05) is 6.07 Å². The third kappa shape index (κ3) is 4.05. The van der Waals surface area contributed by atoms with Crippen molar-refractivity contribution in [3.63, 3.8) is 0 Å². The van der Waals surface area contributed by atoms with Gasteiger partial charge >= 0.3 is 0 Å². The van der Waals surface area contributed by atoms with Crippen LogP contribution in [0.2, 0.25) is 0 Å². The Bertz CT molecular complexity index is 967. The number of rotatable bonds is 6. The fourth-order valence-corrected chi connectivity index (χ4v) is 2.99. The highest BCUT2D eigenvalue weighted by atomic mass is 19.1. The van der Waals surface area contributed by atoms with Gasteiger partial charge in [0, 0.05) is 29.3 Å². The van der Waals surface area contributed by atoms with Gasteiger partial charge in [0.2, 0.25) is 0 Å². The van der Waals surface area contributed by atoms with Crippen LogP contribution in [0.25, 0.3) is 0 Å². The van der Waals surface area contributed by atoms with Crippen molar-refractivity contribution in [1.29, 1.82) is 0 Å². The smallest absolute Gasteiger partial charge is 0.153 e. The van der Waals surface area contributed by atoms with Gasteiger partial charge in [0.1, 0.15) is 29.1 Å². The van der Waals surface area contributed by atoms with Crippen molar-refractivity contribution < 1.29 is 8.78 Å². The topological polar surface area (TPSA) is 78.5 Å². The maximum Gasteiger partial charge on any atom is 0.153 e. The summed E-state index contributed by atoms with van der Waals surface area (Å²) in [6, 6.07) is 6.63. The molecule has 0 saturated heterocycles. The summed E-state index contributed by atoms with van der Waals surface area (Å²) >= 11 is 0. The van der Waals surface area contributed by atoms with Gasteiger partial charge in [-0.2, -0.15) is 5.10 Å². The number of benzene rings is 1. The second-order valence-corrected chi connectivity index (χ2v) is 6.83. The van der Waals surface area contributed by atoms with E-state index in [9.17, 15) is 8.78 Å². The highest BCUT2D eigenvalue weighted by Crippen LogP contribution is 2.39. The lowest BCUT2D eigenvalue weighted by Crippen LogP contribution is -2.11. The molecule has 6 nitrogen and oxygen atoms in total. The Hall–Kier alpha value is -3.03. The summed E-state index contributed by atoms with van der Waals surface area (Å²) in [6.07, 6.45) is 2.38. The molecule has 0 aliphatic heterocycles. The van der Waals surface area contributed by atoms with Gasteiger partial charge < -0.3 is 10.6 Å². The Kier molecular flexibility index (Phi) is 4.47. The van der Waals surface area contributed by atoms with Crippen LogP contribution < -0.4 is 10.6 Å². The molecule has 0 spiro atoms. The zero-order valence-electron chi connectivity index (χ0n) is 15.1. The van der Waals surface area contributed by atoms with Gasteiger partial charge in [-0.15, -0.1) is 0 Å². The molecule has 1 aliphatic carbocycles. The number of anilines is 3. The summed E-state index contributed by atoms with van der Waals surface area (Å²) in [6.45, 7) is 3.52. The fraction of sp³-hybridized carbons (Fsp3) is 0.316. The first kappa shape index (κ1) is 17.4. The molecule has 1 fully saturated rings. The second-order valence-electron chi connectivity index (χ2n) is 6.83. The van der Waals surface area contributed by atoms with E-state index in [1.165, 1.54) is 18.9 Å². The Balaban J connectivity index is 1.51. The SMILES string of the molecule is Cc1nc(Nc2cc(C3CC3)[nH]n2)cc(NC(C)c2cc(F)ccc2F)n1. The van der Waals surface area contributed by atoms with Gasteiger partial charge in [0.25, 0.3) is 0 Å². The van der Waals surface area contributed by atoms with Gasteiger partial charge in [-0.1, -0.05) is 0 Å². The predicted octanol–water partition coefficient (Wildman–Crippen LogP) is 4.58. The molecule has 27 heavy (non-hydrogen) atoms. The molecule has 2 heterocycles. The average Bonchev–Trinajstić information content (AvgIpc) is 3.36. The van der Waals surface area contributed by atoms with Crippen molar-refractivity contribution in [3.05, 3.63) is 59.0 Å². The number of H-pyrrole nitrogens is 1. The number of nitrogens with one attached hydrogen (secondary N) is 3. The maximum atomic E-state index is 14.0. The van der Waals surface area contributed by atoms with Crippen molar-refractivity contribution in [1.82, 2.24) is 20.2 Å². The van der Waals surface area contributed by atoms with E-state index in [4.69, 9.17) is 0 Å². The average molecular weight is 370 g/mol. The highest BCUT2D eigenvalue weighted by Gasteiger charge is 2.25. The zero-order valence-corrected chi connectivity index (χ0v) is 15.1. The molecule has 2 aromatic heterocycles. The normalized spacial score (nSPS) is 14.8. The Labute approximate surface area is 155 Å². The van der Waals surface area contributed by atoms with Crippen LogP contribution in [-0.4, -0.2) is 20.2 Å². The van der Waals surface area contributed by atoms with Gasteiger partial charge in [-0.3, -0.25) is 5.10 Å². The van der Waals surface area contributed by atoms with Crippen LogP contribution >= 0.6 is 0 Å². The van der Waals surface area contributed by atoms with E-state index in [2.05, 4.69) is 30.8 Å². The lowest BCUT2D eigenvalue weighted by molar-refractivity contribution is 0.577. The van der Waals surface area contributed by atoms with E-state index in [0.717, 1.165) is 17.8 Å². The number of aryl methyl sites for hydroxylation is 1. The molecule has 4 rings (SSSR count). The minimum absolute atomic E-state index is 0.238. The van der Waals surface area contributed by atoms with Crippen LogP contribution in [-0.2, 0) is 0 Å². The summed E-state index contributed by atoms with van der Waals surface area (Å²) in [5, 5.41) is 13.5. The van der Waals surface area contributed by atoms with Gasteiger partial charge in [0.15, 0.2) is 5.82 Å².